The second-order valence-electron chi connectivity index (χ2n) is 7.67. The van der Waals surface area contributed by atoms with Crippen molar-refractivity contribution in [2.75, 3.05) is 5.32 Å². The summed E-state index contributed by atoms with van der Waals surface area (Å²) in [6, 6.07) is 19.2. The molecule has 3 aromatic carbocycles. The first-order valence-electron chi connectivity index (χ1n) is 10.3. The fourth-order valence-corrected chi connectivity index (χ4v) is 2.96. The number of rotatable bonds is 5. The van der Waals surface area contributed by atoms with Gasteiger partial charge in [0.15, 0.2) is 0 Å². The zero-order chi connectivity index (χ0) is 24.0. The molecular formula is C26H25N3O4. The molecule has 3 aromatic rings. The van der Waals surface area contributed by atoms with Crippen LogP contribution in [0, 0.1) is 20.8 Å². The number of anilines is 1. The Morgan fingerprint density at radius 1 is 0.788 bits per heavy atom. The zero-order valence-corrected chi connectivity index (χ0v) is 18.9. The van der Waals surface area contributed by atoms with Gasteiger partial charge in [-0.2, -0.15) is 5.10 Å². The molecule has 0 fully saturated rings. The predicted molar refractivity (Wildman–Crippen MR) is 127 cm³/mol. The van der Waals surface area contributed by atoms with Crippen LogP contribution in [-0.4, -0.2) is 23.5 Å². The Bertz CT molecular complexity index is 1230. The van der Waals surface area contributed by atoms with Crippen LogP contribution in [0.25, 0.3) is 0 Å². The van der Waals surface area contributed by atoms with Gasteiger partial charge in [-0.15, -0.1) is 0 Å². The number of hydrogen-bond donors (Lipinski definition) is 2. The van der Waals surface area contributed by atoms with Crippen molar-refractivity contribution in [1.29, 1.82) is 0 Å². The van der Waals surface area contributed by atoms with Gasteiger partial charge in [0.1, 0.15) is 5.75 Å². The van der Waals surface area contributed by atoms with E-state index in [9.17, 15) is 14.4 Å². The molecule has 0 radical (unpaired) electrons. The van der Waals surface area contributed by atoms with Crippen molar-refractivity contribution in [1.82, 2.24) is 5.43 Å². The fraction of sp³-hybridized carbons (Fsp3) is 0.154. The van der Waals surface area contributed by atoms with Gasteiger partial charge in [0.05, 0.1) is 11.3 Å². The average Bonchev–Trinajstić information content (AvgIpc) is 2.80. The van der Waals surface area contributed by atoms with Crippen LogP contribution in [0.2, 0.25) is 0 Å². The minimum atomic E-state index is -0.878. The van der Waals surface area contributed by atoms with Gasteiger partial charge in [-0.25, -0.2) is 10.2 Å². The Balaban J connectivity index is 1.57. The van der Waals surface area contributed by atoms with Crippen LogP contribution in [0.5, 0.6) is 5.75 Å². The quantitative estimate of drug-likeness (QED) is 0.202. The Hall–Kier alpha value is -4.26. The second-order valence-corrected chi connectivity index (χ2v) is 7.67. The first kappa shape index (κ1) is 23.4. The van der Waals surface area contributed by atoms with Crippen molar-refractivity contribution in [3.8, 4) is 5.75 Å². The van der Waals surface area contributed by atoms with E-state index in [0.29, 0.717) is 28.3 Å². The molecule has 0 saturated heterocycles. The summed E-state index contributed by atoms with van der Waals surface area (Å²) in [6.07, 6.45) is 0. The summed E-state index contributed by atoms with van der Waals surface area (Å²) in [4.78, 5) is 36.4. The molecule has 0 aliphatic heterocycles. The van der Waals surface area contributed by atoms with E-state index in [0.717, 1.165) is 16.7 Å². The van der Waals surface area contributed by atoms with Gasteiger partial charge in [-0.05, 0) is 92.9 Å². The molecule has 7 nitrogen and oxygen atoms in total. The van der Waals surface area contributed by atoms with E-state index in [2.05, 4.69) is 15.8 Å². The lowest BCUT2D eigenvalue weighted by atomic mass is 10.1. The molecule has 0 spiro atoms. The van der Waals surface area contributed by atoms with Crippen molar-refractivity contribution in [3.05, 3.63) is 94.5 Å². The molecule has 0 aliphatic rings. The zero-order valence-electron chi connectivity index (χ0n) is 18.9. The first-order chi connectivity index (χ1) is 15.7. The molecule has 0 heterocycles. The molecule has 33 heavy (non-hydrogen) atoms. The molecule has 0 aromatic heterocycles. The molecule has 0 unspecified atom stereocenters. The summed E-state index contributed by atoms with van der Waals surface area (Å²) in [7, 11) is 0. The summed E-state index contributed by atoms with van der Waals surface area (Å²) < 4.78 is 5.39. The largest absolute Gasteiger partial charge is 0.423 e. The number of carbonyl (C=O) groups excluding carboxylic acids is 3. The number of hydrazone groups is 1. The van der Waals surface area contributed by atoms with Gasteiger partial charge in [-0.1, -0.05) is 23.8 Å². The third kappa shape index (κ3) is 6.36. The topological polar surface area (TPSA) is 96.9 Å². The molecule has 0 aliphatic carbocycles. The highest BCUT2D eigenvalue weighted by molar-refractivity contribution is 6.39. The number of nitrogens with one attached hydrogen (secondary N) is 2. The van der Waals surface area contributed by atoms with E-state index in [1.54, 1.807) is 61.5 Å². The number of benzene rings is 3. The maximum Gasteiger partial charge on any atom is 0.343 e. The van der Waals surface area contributed by atoms with Crippen LogP contribution in [0.15, 0.2) is 71.8 Å². The summed E-state index contributed by atoms with van der Waals surface area (Å²) in [6.45, 7) is 7.48. The minimum Gasteiger partial charge on any atom is -0.423 e. The van der Waals surface area contributed by atoms with Gasteiger partial charge in [-0.3, -0.25) is 9.59 Å². The van der Waals surface area contributed by atoms with E-state index < -0.39 is 17.8 Å². The number of hydrogen-bond acceptors (Lipinski definition) is 5. The van der Waals surface area contributed by atoms with Crippen LogP contribution in [0.1, 0.15) is 39.5 Å². The number of ether oxygens (including phenoxy) is 1. The summed E-state index contributed by atoms with van der Waals surface area (Å²) in [5.41, 5.74) is 7.51. The van der Waals surface area contributed by atoms with E-state index in [1.165, 1.54) is 0 Å². The SMILES string of the molecule is C/C(=N\NC(=O)C(=O)Nc1ccc(C)c(C)c1)c1ccc(OC(=O)c2cccc(C)c2)cc1. The van der Waals surface area contributed by atoms with Crippen molar-refractivity contribution in [2.24, 2.45) is 5.10 Å². The van der Waals surface area contributed by atoms with E-state index >= 15 is 0 Å². The van der Waals surface area contributed by atoms with Gasteiger partial charge >= 0.3 is 17.8 Å². The summed E-state index contributed by atoms with van der Waals surface area (Å²) in [5.74, 6) is -1.75. The third-order valence-corrected chi connectivity index (χ3v) is 5.03. The van der Waals surface area contributed by atoms with Crippen molar-refractivity contribution in [2.45, 2.75) is 27.7 Å². The molecule has 7 heteroatoms. The van der Waals surface area contributed by atoms with Crippen LogP contribution in [-0.2, 0) is 9.59 Å². The van der Waals surface area contributed by atoms with Crippen LogP contribution >= 0.6 is 0 Å². The van der Waals surface area contributed by atoms with Crippen LogP contribution in [0.3, 0.4) is 0 Å². The minimum absolute atomic E-state index is 0.384. The summed E-state index contributed by atoms with van der Waals surface area (Å²) >= 11 is 0. The fourth-order valence-electron chi connectivity index (χ4n) is 2.96. The molecule has 0 atom stereocenters. The number of aryl methyl sites for hydroxylation is 3. The maximum absolute atomic E-state index is 12.3. The van der Waals surface area contributed by atoms with Gasteiger partial charge in [0, 0.05) is 5.69 Å². The Kier molecular flexibility index (Phi) is 7.35. The molecule has 2 N–H and O–H groups in total. The Morgan fingerprint density at radius 2 is 1.52 bits per heavy atom. The van der Waals surface area contributed by atoms with Crippen LogP contribution < -0.4 is 15.5 Å². The van der Waals surface area contributed by atoms with Gasteiger partial charge < -0.3 is 10.1 Å². The average molecular weight is 444 g/mol. The third-order valence-electron chi connectivity index (χ3n) is 5.03. The smallest absolute Gasteiger partial charge is 0.343 e. The lowest BCUT2D eigenvalue weighted by molar-refractivity contribution is -0.136. The number of carbonyl (C=O) groups is 3. The molecule has 2 amide bonds. The number of esters is 1. The van der Waals surface area contributed by atoms with Gasteiger partial charge in [0.2, 0.25) is 0 Å². The molecule has 0 bridgehead atoms. The Labute approximate surface area is 192 Å². The van der Waals surface area contributed by atoms with Gasteiger partial charge in [0.25, 0.3) is 0 Å². The molecule has 3 rings (SSSR count). The van der Waals surface area contributed by atoms with Crippen molar-refractivity contribution >= 4 is 29.2 Å². The van der Waals surface area contributed by atoms with Crippen molar-refractivity contribution < 1.29 is 19.1 Å². The van der Waals surface area contributed by atoms with E-state index in [-0.39, 0.29) is 0 Å². The number of amides is 2. The maximum atomic E-state index is 12.3. The highest BCUT2D eigenvalue weighted by Gasteiger charge is 2.14. The van der Waals surface area contributed by atoms with E-state index in [1.807, 2.05) is 32.9 Å². The highest BCUT2D eigenvalue weighted by Crippen LogP contribution is 2.16. The van der Waals surface area contributed by atoms with E-state index in [4.69, 9.17) is 4.74 Å². The van der Waals surface area contributed by atoms with Crippen molar-refractivity contribution in [3.63, 3.8) is 0 Å². The normalized spacial score (nSPS) is 11.0. The lowest BCUT2D eigenvalue weighted by Crippen LogP contribution is -2.33. The lowest BCUT2D eigenvalue weighted by Gasteiger charge is -2.08. The van der Waals surface area contributed by atoms with Crippen LogP contribution in [0.4, 0.5) is 5.69 Å². The monoisotopic (exact) mass is 443 g/mol. The molecule has 0 saturated carbocycles. The number of nitrogens with zero attached hydrogens (tertiary/aromatic N) is 1. The summed E-state index contributed by atoms with van der Waals surface area (Å²) in [5, 5.41) is 6.53. The molecule has 168 valence electrons. The second kappa shape index (κ2) is 10.4. The standard InChI is InChI=1S/C26H25N3O4/c1-16-6-5-7-21(14-16)26(32)33-23-12-9-20(10-13-23)19(4)28-29-25(31)24(30)27-22-11-8-17(2)18(3)15-22/h5-15H,1-4H3,(H,27,30)(H,29,31)/b28-19+. The Morgan fingerprint density at radius 3 is 2.18 bits per heavy atom. The predicted octanol–water partition coefficient (Wildman–Crippen LogP) is 4.31. The highest BCUT2D eigenvalue weighted by atomic mass is 16.5. The first-order valence-corrected chi connectivity index (χ1v) is 10.3. The molecular weight excluding hydrogens is 418 g/mol.